The number of aromatic amines is 1. The third-order valence-electron chi connectivity index (χ3n) is 3.23. The third kappa shape index (κ3) is 2.85. The smallest absolute Gasteiger partial charge is 0.266 e. The topological polar surface area (TPSA) is 52.2 Å². The quantitative estimate of drug-likeness (QED) is 0.805. The van der Waals surface area contributed by atoms with Gasteiger partial charge in [0.1, 0.15) is 3.57 Å². The van der Waals surface area contributed by atoms with Gasteiger partial charge in [-0.2, -0.15) is 0 Å². The Hall–Kier alpha value is -0.630. The number of hydrogen-bond donors (Lipinski definition) is 1. The van der Waals surface area contributed by atoms with E-state index in [-0.39, 0.29) is 11.5 Å². The summed E-state index contributed by atoms with van der Waals surface area (Å²) < 4.78 is 0.709. The van der Waals surface area contributed by atoms with Gasteiger partial charge in [0, 0.05) is 26.2 Å². The third-order valence-corrected chi connectivity index (χ3v) is 4.27. The SMILES string of the molecule is CC(C)c1nc(N2CCN(C)CC2)[nH]c(=O)c1I. The lowest BCUT2D eigenvalue weighted by Gasteiger charge is -2.33. The van der Waals surface area contributed by atoms with Crippen molar-refractivity contribution >= 4 is 28.5 Å². The van der Waals surface area contributed by atoms with Crippen molar-refractivity contribution in [3.05, 3.63) is 19.6 Å². The van der Waals surface area contributed by atoms with E-state index in [9.17, 15) is 4.79 Å². The summed E-state index contributed by atoms with van der Waals surface area (Å²) in [5.74, 6) is 0.989. The molecule has 2 rings (SSSR count). The van der Waals surface area contributed by atoms with Crippen molar-refractivity contribution in [2.45, 2.75) is 19.8 Å². The summed E-state index contributed by atoms with van der Waals surface area (Å²) in [6.45, 7) is 7.98. The van der Waals surface area contributed by atoms with Crippen LogP contribution >= 0.6 is 22.6 Å². The van der Waals surface area contributed by atoms with Gasteiger partial charge in [-0.15, -0.1) is 0 Å². The lowest BCUT2D eigenvalue weighted by Crippen LogP contribution is -2.45. The van der Waals surface area contributed by atoms with E-state index in [0.29, 0.717) is 3.57 Å². The summed E-state index contributed by atoms with van der Waals surface area (Å²) in [6.07, 6.45) is 0. The molecule has 1 aromatic heterocycles. The van der Waals surface area contributed by atoms with Crippen LogP contribution in [0.15, 0.2) is 4.79 Å². The summed E-state index contributed by atoms with van der Waals surface area (Å²) in [5, 5.41) is 0. The van der Waals surface area contributed by atoms with Crippen LogP contribution in [-0.2, 0) is 0 Å². The van der Waals surface area contributed by atoms with Crippen LogP contribution in [-0.4, -0.2) is 48.1 Å². The number of likely N-dealkylation sites (N-methyl/N-ethyl adjacent to an activating group) is 1. The highest BCUT2D eigenvalue weighted by molar-refractivity contribution is 14.1. The van der Waals surface area contributed by atoms with Gasteiger partial charge in [-0.25, -0.2) is 4.98 Å². The van der Waals surface area contributed by atoms with Crippen molar-refractivity contribution in [1.82, 2.24) is 14.9 Å². The Balaban J connectivity index is 2.31. The molecule has 1 aliphatic rings. The first-order chi connectivity index (χ1) is 8.49. The predicted octanol–water partition coefficient (Wildman–Crippen LogP) is 1.25. The lowest BCUT2D eigenvalue weighted by molar-refractivity contribution is 0.311. The number of halogens is 1. The van der Waals surface area contributed by atoms with Gasteiger partial charge < -0.3 is 9.80 Å². The molecule has 6 heteroatoms. The molecule has 0 amide bonds. The first-order valence-electron chi connectivity index (χ1n) is 6.22. The molecule has 0 aliphatic carbocycles. The maximum absolute atomic E-state index is 11.9. The van der Waals surface area contributed by atoms with E-state index < -0.39 is 0 Å². The Morgan fingerprint density at radius 2 is 1.89 bits per heavy atom. The van der Waals surface area contributed by atoms with Gasteiger partial charge in [-0.1, -0.05) is 13.8 Å². The van der Waals surface area contributed by atoms with E-state index >= 15 is 0 Å². The van der Waals surface area contributed by atoms with Gasteiger partial charge in [0.05, 0.1) is 5.69 Å². The van der Waals surface area contributed by atoms with E-state index in [1.54, 1.807) is 0 Å². The fourth-order valence-electron chi connectivity index (χ4n) is 2.01. The summed E-state index contributed by atoms with van der Waals surface area (Å²) in [6, 6.07) is 0. The number of hydrogen-bond acceptors (Lipinski definition) is 4. The van der Waals surface area contributed by atoms with Gasteiger partial charge in [-0.05, 0) is 35.6 Å². The van der Waals surface area contributed by atoms with Crippen molar-refractivity contribution in [2.24, 2.45) is 0 Å². The maximum atomic E-state index is 11.9. The summed E-state index contributed by atoms with van der Waals surface area (Å²) in [4.78, 5) is 23.9. The number of nitrogens with zero attached hydrogens (tertiary/aromatic N) is 3. The summed E-state index contributed by atoms with van der Waals surface area (Å²) in [5.41, 5.74) is 0.872. The van der Waals surface area contributed by atoms with Gasteiger partial charge in [0.25, 0.3) is 5.56 Å². The molecule has 0 spiro atoms. The predicted molar refractivity (Wildman–Crippen MR) is 81.4 cm³/mol. The molecule has 0 unspecified atom stereocenters. The van der Waals surface area contributed by atoms with E-state index in [4.69, 9.17) is 0 Å². The van der Waals surface area contributed by atoms with Crippen LogP contribution in [0, 0.1) is 3.57 Å². The highest BCUT2D eigenvalue weighted by atomic mass is 127. The minimum absolute atomic E-state index is 0.0248. The Morgan fingerprint density at radius 1 is 1.28 bits per heavy atom. The van der Waals surface area contributed by atoms with Crippen LogP contribution in [0.3, 0.4) is 0 Å². The Bertz CT molecular complexity index is 477. The standard InChI is InChI=1S/C12H19IN4O/c1-8(2)10-9(13)11(18)15-12(14-10)17-6-4-16(3)5-7-17/h8H,4-7H2,1-3H3,(H,14,15,18). The molecule has 1 N–H and O–H groups in total. The van der Waals surface area contributed by atoms with Gasteiger partial charge in [-0.3, -0.25) is 9.78 Å². The van der Waals surface area contributed by atoms with Crippen LogP contribution in [0.25, 0.3) is 0 Å². The van der Waals surface area contributed by atoms with E-state index in [2.05, 4.69) is 63.3 Å². The Labute approximate surface area is 121 Å². The second-order valence-corrected chi connectivity index (χ2v) is 6.11. The molecule has 0 radical (unpaired) electrons. The summed E-state index contributed by atoms with van der Waals surface area (Å²) in [7, 11) is 2.11. The zero-order valence-electron chi connectivity index (χ0n) is 11.0. The van der Waals surface area contributed by atoms with Crippen LogP contribution in [0.1, 0.15) is 25.5 Å². The van der Waals surface area contributed by atoms with Crippen LogP contribution in [0.2, 0.25) is 0 Å². The number of nitrogens with one attached hydrogen (secondary N) is 1. The zero-order valence-corrected chi connectivity index (χ0v) is 13.2. The average Bonchev–Trinajstić information content (AvgIpc) is 2.33. The number of aromatic nitrogens is 2. The number of H-pyrrole nitrogens is 1. The molecule has 1 aromatic rings. The molecule has 2 heterocycles. The van der Waals surface area contributed by atoms with E-state index in [1.807, 2.05) is 0 Å². The Morgan fingerprint density at radius 3 is 2.44 bits per heavy atom. The molecule has 0 atom stereocenters. The van der Waals surface area contributed by atoms with Crippen molar-refractivity contribution in [1.29, 1.82) is 0 Å². The van der Waals surface area contributed by atoms with Crippen molar-refractivity contribution in [3.8, 4) is 0 Å². The second kappa shape index (κ2) is 5.56. The monoisotopic (exact) mass is 362 g/mol. The zero-order chi connectivity index (χ0) is 13.3. The normalized spacial score (nSPS) is 17.5. The molecule has 5 nitrogen and oxygen atoms in total. The number of anilines is 1. The second-order valence-electron chi connectivity index (χ2n) is 5.03. The molecule has 0 bridgehead atoms. The molecular weight excluding hydrogens is 343 g/mol. The van der Waals surface area contributed by atoms with Gasteiger partial charge in [0.2, 0.25) is 5.95 Å². The van der Waals surface area contributed by atoms with Gasteiger partial charge in [0.15, 0.2) is 0 Å². The van der Waals surface area contributed by atoms with Crippen LogP contribution < -0.4 is 10.5 Å². The molecule has 18 heavy (non-hydrogen) atoms. The minimum Gasteiger partial charge on any atom is -0.340 e. The molecule has 1 fully saturated rings. The van der Waals surface area contributed by atoms with Crippen molar-refractivity contribution in [2.75, 3.05) is 38.1 Å². The highest BCUT2D eigenvalue weighted by Crippen LogP contribution is 2.19. The highest BCUT2D eigenvalue weighted by Gasteiger charge is 2.19. The lowest BCUT2D eigenvalue weighted by atomic mass is 10.1. The molecule has 1 aliphatic heterocycles. The Kier molecular flexibility index (Phi) is 4.26. The fraction of sp³-hybridized carbons (Fsp3) is 0.667. The average molecular weight is 362 g/mol. The number of rotatable bonds is 2. The largest absolute Gasteiger partial charge is 0.340 e. The summed E-state index contributed by atoms with van der Waals surface area (Å²) >= 11 is 2.08. The fourth-order valence-corrected chi connectivity index (χ4v) is 2.89. The van der Waals surface area contributed by atoms with E-state index in [0.717, 1.165) is 37.8 Å². The van der Waals surface area contributed by atoms with Gasteiger partial charge >= 0.3 is 0 Å². The molecule has 1 saturated heterocycles. The van der Waals surface area contributed by atoms with E-state index in [1.165, 1.54) is 0 Å². The van der Waals surface area contributed by atoms with Crippen molar-refractivity contribution in [3.63, 3.8) is 0 Å². The van der Waals surface area contributed by atoms with Crippen LogP contribution in [0.5, 0.6) is 0 Å². The minimum atomic E-state index is -0.0248. The maximum Gasteiger partial charge on any atom is 0.266 e. The molecule has 0 aromatic carbocycles. The number of piperazine rings is 1. The first kappa shape index (κ1) is 13.8. The molecular formula is C12H19IN4O. The van der Waals surface area contributed by atoms with Crippen molar-refractivity contribution < 1.29 is 0 Å². The molecule has 0 saturated carbocycles. The first-order valence-corrected chi connectivity index (χ1v) is 7.30. The molecule has 100 valence electrons. The van der Waals surface area contributed by atoms with Crippen LogP contribution in [0.4, 0.5) is 5.95 Å².